The predicted molar refractivity (Wildman–Crippen MR) is 87.2 cm³/mol. The molecule has 0 bridgehead atoms. The van der Waals surface area contributed by atoms with Gasteiger partial charge in [0.1, 0.15) is 0 Å². The third-order valence-corrected chi connectivity index (χ3v) is 5.70. The van der Waals surface area contributed by atoms with Crippen molar-refractivity contribution in [2.45, 2.75) is 70.5 Å². The standard InChI is InChI=1S/C17H35N3/c1-5-14(6-2)17(19(3)4)13-18-15-10-12-20-11-8-7-9-16(15)20/h14-18H,5-13H2,1-4H3. The van der Waals surface area contributed by atoms with Crippen LogP contribution >= 0.6 is 0 Å². The Morgan fingerprint density at radius 2 is 1.85 bits per heavy atom. The van der Waals surface area contributed by atoms with E-state index in [2.05, 4.69) is 43.1 Å². The first-order valence-electron chi connectivity index (χ1n) is 8.81. The molecular weight excluding hydrogens is 246 g/mol. The highest BCUT2D eigenvalue weighted by atomic mass is 15.2. The van der Waals surface area contributed by atoms with Gasteiger partial charge in [-0.1, -0.05) is 33.1 Å². The topological polar surface area (TPSA) is 18.5 Å². The van der Waals surface area contributed by atoms with Crippen molar-refractivity contribution in [3.8, 4) is 0 Å². The number of nitrogens with zero attached hydrogens (tertiary/aromatic N) is 2. The molecule has 2 aliphatic heterocycles. The molecule has 0 saturated carbocycles. The van der Waals surface area contributed by atoms with Crippen LogP contribution in [0.15, 0.2) is 0 Å². The molecule has 2 heterocycles. The van der Waals surface area contributed by atoms with E-state index >= 15 is 0 Å². The molecule has 20 heavy (non-hydrogen) atoms. The van der Waals surface area contributed by atoms with Gasteiger partial charge in [-0.15, -0.1) is 0 Å². The Hall–Kier alpha value is -0.120. The monoisotopic (exact) mass is 281 g/mol. The summed E-state index contributed by atoms with van der Waals surface area (Å²) in [7, 11) is 4.48. The van der Waals surface area contributed by atoms with E-state index in [1.807, 2.05) is 0 Å². The number of likely N-dealkylation sites (N-methyl/N-ethyl adjacent to an activating group) is 1. The molecule has 0 amide bonds. The number of fused-ring (bicyclic) bond motifs is 1. The zero-order valence-corrected chi connectivity index (χ0v) is 14.1. The molecule has 3 nitrogen and oxygen atoms in total. The Morgan fingerprint density at radius 1 is 1.10 bits per heavy atom. The number of rotatable bonds is 7. The van der Waals surface area contributed by atoms with Gasteiger partial charge in [0, 0.05) is 31.2 Å². The molecule has 1 N–H and O–H groups in total. The fraction of sp³-hybridized carbons (Fsp3) is 1.00. The second kappa shape index (κ2) is 7.77. The quantitative estimate of drug-likeness (QED) is 0.774. The van der Waals surface area contributed by atoms with Crippen LogP contribution in [0.3, 0.4) is 0 Å². The molecule has 118 valence electrons. The zero-order chi connectivity index (χ0) is 14.5. The van der Waals surface area contributed by atoms with Crippen LogP contribution in [0.1, 0.15) is 52.4 Å². The summed E-state index contributed by atoms with van der Waals surface area (Å²) in [5, 5.41) is 3.93. The molecule has 2 fully saturated rings. The SMILES string of the molecule is CCC(CC)C(CNC1CCN2CCCCC12)N(C)C. The number of hydrogen-bond donors (Lipinski definition) is 1. The van der Waals surface area contributed by atoms with Crippen molar-refractivity contribution >= 4 is 0 Å². The fourth-order valence-corrected chi connectivity index (χ4v) is 4.36. The van der Waals surface area contributed by atoms with Gasteiger partial charge in [-0.2, -0.15) is 0 Å². The molecule has 2 saturated heterocycles. The summed E-state index contributed by atoms with van der Waals surface area (Å²) < 4.78 is 0. The molecule has 0 aromatic rings. The van der Waals surface area contributed by atoms with E-state index in [4.69, 9.17) is 0 Å². The minimum Gasteiger partial charge on any atom is -0.311 e. The van der Waals surface area contributed by atoms with Gasteiger partial charge in [0.25, 0.3) is 0 Å². The molecule has 2 rings (SSSR count). The third kappa shape index (κ3) is 3.75. The van der Waals surface area contributed by atoms with Crippen LogP contribution in [0.4, 0.5) is 0 Å². The summed E-state index contributed by atoms with van der Waals surface area (Å²) in [5.41, 5.74) is 0. The van der Waals surface area contributed by atoms with Gasteiger partial charge >= 0.3 is 0 Å². The van der Waals surface area contributed by atoms with Crippen LogP contribution < -0.4 is 5.32 Å². The van der Waals surface area contributed by atoms with E-state index in [1.165, 1.54) is 51.6 Å². The zero-order valence-electron chi connectivity index (χ0n) is 14.1. The van der Waals surface area contributed by atoms with Gasteiger partial charge in [0.2, 0.25) is 0 Å². The number of hydrogen-bond acceptors (Lipinski definition) is 3. The van der Waals surface area contributed by atoms with Crippen LogP contribution in [-0.2, 0) is 0 Å². The summed E-state index contributed by atoms with van der Waals surface area (Å²) in [5.74, 6) is 0.821. The van der Waals surface area contributed by atoms with Gasteiger partial charge in [-0.3, -0.25) is 4.90 Å². The van der Waals surface area contributed by atoms with Crippen LogP contribution in [0.5, 0.6) is 0 Å². The second-order valence-electron chi connectivity index (χ2n) is 7.01. The predicted octanol–water partition coefficient (Wildman–Crippen LogP) is 2.57. The molecule has 3 atom stereocenters. The molecule has 0 spiro atoms. The molecule has 3 unspecified atom stereocenters. The highest BCUT2D eigenvalue weighted by molar-refractivity contribution is 4.94. The van der Waals surface area contributed by atoms with Gasteiger partial charge in [0.15, 0.2) is 0 Å². The first-order valence-corrected chi connectivity index (χ1v) is 8.81. The maximum atomic E-state index is 3.93. The first kappa shape index (κ1) is 16.3. The smallest absolute Gasteiger partial charge is 0.0249 e. The van der Waals surface area contributed by atoms with Crippen LogP contribution in [0, 0.1) is 5.92 Å². The van der Waals surface area contributed by atoms with Gasteiger partial charge in [-0.25, -0.2) is 0 Å². The summed E-state index contributed by atoms with van der Waals surface area (Å²) in [4.78, 5) is 5.15. The highest BCUT2D eigenvalue weighted by Gasteiger charge is 2.35. The van der Waals surface area contributed by atoms with Crippen molar-refractivity contribution in [3.05, 3.63) is 0 Å². The number of nitrogens with one attached hydrogen (secondary N) is 1. The average molecular weight is 281 g/mol. The lowest BCUT2D eigenvalue weighted by molar-refractivity contribution is 0.161. The Balaban J connectivity index is 1.86. The van der Waals surface area contributed by atoms with E-state index in [9.17, 15) is 0 Å². The highest BCUT2D eigenvalue weighted by Crippen LogP contribution is 2.27. The van der Waals surface area contributed by atoms with Crippen molar-refractivity contribution in [1.82, 2.24) is 15.1 Å². The molecule has 0 radical (unpaired) electrons. The molecule has 0 aromatic carbocycles. The van der Waals surface area contributed by atoms with E-state index in [0.29, 0.717) is 6.04 Å². The molecule has 2 aliphatic rings. The number of piperidine rings is 1. The van der Waals surface area contributed by atoms with Crippen LogP contribution in [0.25, 0.3) is 0 Å². The van der Waals surface area contributed by atoms with Gasteiger partial charge in [0.05, 0.1) is 0 Å². The molecule has 0 aromatic heterocycles. The molecular formula is C17H35N3. The summed E-state index contributed by atoms with van der Waals surface area (Å²) in [6, 6.07) is 2.25. The minimum atomic E-state index is 0.683. The Morgan fingerprint density at radius 3 is 2.50 bits per heavy atom. The lowest BCUT2D eigenvalue weighted by Gasteiger charge is -2.36. The largest absolute Gasteiger partial charge is 0.311 e. The summed E-state index contributed by atoms with van der Waals surface area (Å²) in [6.07, 6.45) is 8.20. The van der Waals surface area contributed by atoms with Crippen molar-refractivity contribution in [2.24, 2.45) is 5.92 Å². The first-order chi connectivity index (χ1) is 9.67. The van der Waals surface area contributed by atoms with E-state index in [0.717, 1.165) is 24.5 Å². The molecule has 0 aliphatic carbocycles. The van der Waals surface area contributed by atoms with Crippen LogP contribution in [0.2, 0.25) is 0 Å². The Kier molecular flexibility index (Phi) is 6.31. The van der Waals surface area contributed by atoms with Gasteiger partial charge in [-0.05, 0) is 45.8 Å². The van der Waals surface area contributed by atoms with E-state index < -0.39 is 0 Å². The van der Waals surface area contributed by atoms with Gasteiger partial charge < -0.3 is 10.2 Å². The lowest BCUT2D eigenvalue weighted by Crippen LogP contribution is -2.50. The van der Waals surface area contributed by atoms with E-state index in [-0.39, 0.29) is 0 Å². The van der Waals surface area contributed by atoms with Crippen molar-refractivity contribution in [1.29, 1.82) is 0 Å². The maximum absolute atomic E-state index is 3.93. The normalized spacial score (nSPS) is 29.1. The maximum Gasteiger partial charge on any atom is 0.0249 e. The minimum absolute atomic E-state index is 0.683. The Bertz CT molecular complexity index is 275. The third-order valence-electron chi connectivity index (χ3n) is 5.70. The fourth-order valence-electron chi connectivity index (χ4n) is 4.36. The van der Waals surface area contributed by atoms with Crippen molar-refractivity contribution in [2.75, 3.05) is 33.7 Å². The van der Waals surface area contributed by atoms with E-state index in [1.54, 1.807) is 0 Å². The van der Waals surface area contributed by atoms with Crippen molar-refractivity contribution in [3.63, 3.8) is 0 Å². The second-order valence-corrected chi connectivity index (χ2v) is 7.01. The lowest BCUT2D eigenvalue weighted by atomic mass is 9.92. The molecule has 3 heteroatoms. The van der Waals surface area contributed by atoms with Crippen LogP contribution in [-0.4, -0.2) is 61.7 Å². The average Bonchev–Trinajstić information content (AvgIpc) is 2.86. The van der Waals surface area contributed by atoms with Crippen molar-refractivity contribution < 1.29 is 0 Å². The summed E-state index contributed by atoms with van der Waals surface area (Å²) >= 11 is 0. The Labute approximate surface area is 126 Å². The summed E-state index contributed by atoms with van der Waals surface area (Å²) in [6.45, 7) is 8.49.